The third-order valence-corrected chi connectivity index (χ3v) is 7.60. The van der Waals surface area contributed by atoms with Crippen LogP contribution in [0, 0.1) is 0 Å². The summed E-state index contributed by atoms with van der Waals surface area (Å²) in [6.07, 6.45) is 6.43. The number of pyridine rings is 1. The molecule has 0 bridgehead atoms. The molecule has 0 saturated heterocycles. The van der Waals surface area contributed by atoms with Crippen molar-refractivity contribution in [2.24, 2.45) is 5.73 Å². The van der Waals surface area contributed by atoms with Gasteiger partial charge in [-0.2, -0.15) is 0 Å². The van der Waals surface area contributed by atoms with Gasteiger partial charge in [-0.3, -0.25) is 4.79 Å². The average molecular weight is 425 g/mol. The minimum Gasteiger partial charge on any atom is -0.494 e. The van der Waals surface area contributed by atoms with Gasteiger partial charge >= 0.3 is 5.97 Å². The Kier molecular flexibility index (Phi) is 4.31. The second kappa shape index (κ2) is 6.68. The molecule has 0 aliphatic heterocycles. The van der Waals surface area contributed by atoms with E-state index in [-0.39, 0.29) is 11.1 Å². The van der Waals surface area contributed by atoms with Crippen LogP contribution in [0.3, 0.4) is 0 Å². The fourth-order valence-electron chi connectivity index (χ4n) is 4.66. The number of aromatic amines is 1. The van der Waals surface area contributed by atoms with Crippen molar-refractivity contribution in [1.29, 1.82) is 0 Å². The number of benzene rings is 1. The van der Waals surface area contributed by atoms with Gasteiger partial charge in [0.2, 0.25) is 5.43 Å². The number of rotatable bonds is 4. The second-order valence-electron chi connectivity index (χ2n) is 8.63. The minimum absolute atomic E-state index is 0.260. The molecule has 0 spiro atoms. The average Bonchev–Trinajstić information content (AvgIpc) is 3.45. The first kappa shape index (κ1) is 19.3. The van der Waals surface area contributed by atoms with Crippen LogP contribution in [0.15, 0.2) is 23.1 Å². The molecule has 2 aliphatic carbocycles. The molecule has 2 aliphatic rings. The molecule has 1 saturated carbocycles. The normalized spacial score (nSPS) is 20.9. The van der Waals surface area contributed by atoms with Gasteiger partial charge in [0.25, 0.3) is 0 Å². The van der Waals surface area contributed by atoms with E-state index in [0.717, 1.165) is 48.1 Å². The standard InChI is InChI=1S/C23H24N2O4S/c1-23(24)7-3-4-16-15(23)9-17(30-16)18-12(11-5-6-11)8-13-19(21(18)29-2)25-10-14(20(13)26)22(27)28/h8-11H,3-7,24H2,1-2H3,(H,25,26)(H,27,28). The molecular weight excluding hydrogens is 400 g/mol. The van der Waals surface area contributed by atoms with Gasteiger partial charge in [-0.1, -0.05) is 0 Å². The van der Waals surface area contributed by atoms with E-state index in [0.29, 0.717) is 22.6 Å². The Morgan fingerprint density at radius 3 is 2.77 bits per heavy atom. The van der Waals surface area contributed by atoms with Crippen molar-refractivity contribution in [3.05, 3.63) is 50.1 Å². The van der Waals surface area contributed by atoms with Crippen molar-refractivity contribution in [1.82, 2.24) is 4.98 Å². The van der Waals surface area contributed by atoms with Crippen molar-refractivity contribution in [3.8, 4) is 16.2 Å². The number of H-pyrrole nitrogens is 1. The Morgan fingerprint density at radius 2 is 2.13 bits per heavy atom. The van der Waals surface area contributed by atoms with E-state index in [2.05, 4.69) is 18.0 Å². The number of aryl methyl sites for hydroxylation is 1. The number of aromatic carboxylic acids is 1. The molecule has 2 heterocycles. The summed E-state index contributed by atoms with van der Waals surface area (Å²) in [5.41, 5.74) is 9.31. The molecule has 0 radical (unpaired) electrons. The first-order chi connectivity index (χ1) is 14.3. The van der Waals surface area contributed by atoms with Gasteiger partial charge in [-0.25, -0.2) is 4.79 Å². The van der Waals surface area contributed by atoms with Crippen molar-refractivity contribution in [2.45, 2.75) is 50.5 Å². The summed E-state index contributed by atoms with van der Waals surface area (Å²) in [7, 11) is 1.60. The molecule has 30 heavy (non-hydrogen) atoms. The monoisotopic (exact) mass is 424 g/mol. The summed E-state index contributed by atoms with van der Waals surface area (Å²) in [6, 6.07) is 4.06. The lowest BCUT2D eigenvalue weighted by atomic mass is 9.82. The van der Waals surface area contributed by atoms with E-state index >= 15 is 0 Å². The van der Waals surface area contributed by atoms with E-state index in [1.54, 1.807) is 18.4 Å². The number of carboxylic acid groups (broad SMARTS) is 1. The predicted octanol–water partition coefficient (Wildman–Crippen LogP) is 4.35. The number of aromatic nitrogens is 1. The van der Waals surface area contributed by atoms with Gasteiger partial charge in [0, 0.05) is 27.1 Å². The summed E-state index contributed by atoms with van der Waals surface area (Å²) in [6.45, 7) is 2.09. The highest BCUT2D eigenvalue weighted by atomic mass is 32.1. The van der Waals surface area contributed by atoms with Crippen LogP contribution >= 0.6 is 11.3 Å². The zero-order valence-corrected chi connectivity index (χ0v) is 17.8. The zero-order valence-electron chi connectivity index (χ0n) is 17.0. The van der Waals surface area contributed by atoms with E-state index in [4.69, 9.17) is 10.5 Å². The molecule has 156 valence electrons. The van der Waals surface area contributed by atoms with E-state index in [9.17, 15) is 14.7 Å². The van der Waals surface area contributed by atoms with Crippen LogP contribution < -0.4 is 15.9 Å². The van der Waals surface area contributed by atoms with Crippen LogP contribution in [0.5, 0.6) is 5.75 Å². The smallest absolute Gasteiger partial charge is 0.341 e. The summed E-state index contributed by atoms with van der Waals surface area (Å²) in [4.78, 5) is 29.7. The molecule has 4 N–H and O–H groups in total. The van der Waals surface area contributed by atoms with Crippen LogP contribution in [0.25, 0.3) is 21.3 Å². The summed E-state index contributed by atoms with van der Waals surface area (Å²) in [5, 5.41) is 9.72. The third-order valence-electron chi connectivity index (χ3n) is 6.38. The van der Waals surface area contributed by atoms with Crippen molar-refractivity contribution >= 4 is 28.2 Å². The molecule has 1 unspecified atom stereocenters. The number of carbonyl (C=O) groups is 1. The Balaban J connectivity index is 1.82. The first-order valence-electron chi connectivity index (χ1n) is 10.2. The molecular formula is C23H24N2O4S. The van der Waals surface area contributed by atoms with Crippen molar-refractivity contribution in [3.63, 3.8) is 0 Å². The van der Waals surface area contributed by atoms with Crippen LogP contribution in [0.1, 0.15) is 64.9 Å². The maximum Gasteiger partial charge on any atom is 0.341 e. The number of ether oxygens (including phenoxy) is 1. The molecule has 2 aromatic heterocycles. The predicted molar refractivity (Wildman–Crippen MR) is 118 cm³/mol. The number of thiophene rings is 1. The van der Waals surface area contributed by atoms with E-state index in [1.807, 2.05) is 6.07 Å². The highest BCUT2D eigenvalue weighted by Crippen LogP contribution is 2.52. The lowest BCUT2D eigenvalue weighted by Crippen LogP contribution is -2.35. The molecule has 5 rings (SSSR count). The number of hydrogen-bond acceptors (Lipinski definition) is 5. The SMILES string of the molecule is COc1c(-c2cc3c(s2)CCCC3(C)N)c(C2CC2)cc2c(=O)c(C(=O)O)c[nH]c12. The topological polar surface area (TPSA) is 105 Å². The number of hydrogen-bond donors (Lipinski definition) is 3. The van der Waals surface area contributed by atoms with Crippen LogP contribution in [-0.2, 0) is 12.0 Å². The van der Waals surface area contributed by atoms with E-state index in [1.165, 1.54) is 16.6 Å². The van der Waals surface area contributed by atoms with Gasteiger partial charge in [0.05, 0.1) is 18.0 Å². The van der Waals surface area contributed by atoms with Crippen molar-refractivity contribution < 1.29 is 14.6 Å². The third kappa shape index (κ3) is 2.87. The van der Waals surface area contributed by atoms with Gasteiger partial charge < -0.3 is 20.6 Å². The Morgan fingerprint density at radius 1 is 1.37 bits per heavy atom. The van der Waals surface area contributed by atoms with Crippen LogP contribution in [0.2, 0.25) is 0 Å². The summed E-state index contributed by atoms with van der Waals surface area (Å²) < 4.78 is 5.83. The Bertz CT molecular complexity index is 1250. The first-order valence-corrected chi connectivity index (χ1v) is 11.1. The number of carboxylic acids is 1. The molecule has 1 fully saturated rings. The minimum atomic E-state index is -1.23. The number of nitrogens with one attached hydrogen (secondary N) is 1. The molecule has 0 amide bonds. The van der Waals surface area contributed by atoms with Crippen LogP contribution in [0.4, 0.5) is 0 Å². The Hall–Kier alpha value is -2.64. The highest BCUT2D eigenvalue weighted by Gasteiger charge is 2.34. The highest BCUT2D eigenvalue weighted by molar-refractivity contribution is 7.15. The largest absolute Gasteiger partial charge is 0.494 e. The quantitative estimate of drug-likeness (QED) is 0.577. The van der Waals surface area contributed by atoms with Gasteiger partial charge in [-0.15, -0.1) is 11.3 Å². The molecule has 1 atom stereocenters. The van der Waals surface area contributed by atoms with Crippen molar-refractivity contribution in [2.75, 3.05) is 7.11 Å². The van der Waals surface area contributed by atoms with Crippen LogP contribution in [-0.4, -0.2) is 23.2 Å². The van der Waals surface area contributed by atoms with Gasteiger partial charge in [0.15, 0.2) is 5.75 Å². The van der Waals surface area contributed by atoms with Gasteiger partial charge in [0.1, 0.15) is 5.56 Å². The van der Waals surface area contributed by atoms with Gasteiger partial charge in [-0.05, 0) is 68.2 Å². The molecule has 6 nitrogen and oxygen atoms in total. The fourth-order valence-corrected chi connectivity index (χ4v) is 6.06. The second-order valence-corrected chi connectivity index (χ2v) is 9.76. The maximum atomic E-state index is 12.9. The number of nitrogens with two attached hydrogens (primary N) is 1. The zero-order chi connectivity index (χ0) is 21.2. The summed E-state index contributed by atoms with van der Waals surface area (Å²) in [5.74, 6) is -0.280. The van der Waals surface area contributed by atoms with E-state index < -0.39 is 11.4 Å². The lowest BCUT2D eigenvalue weighted by molar-refractivity contribution is 0.0695. The molecule has 1 aromatic carbocycles. The lowest BCUT2D eigenvalue weighted by Gasteiger charge is -2.29. The molecule has 7 heteroatoms. The fraction of sp³-hybridized carbons (Fsp3) is 0.391. The molecule has 3 aromatic rings. The maximum absolute atomic E-state index is 12.9. The Labute approximate surface area is 177 Å². The number of methoxy groups -OCH3 is 1. The summed E-state index contributed by atoms with van der Waals surface area (Å²) >= 11 is 1.75. The number of fused-ring (bicyclic) bond motifs is 2.